The second-order valence-corrected chi connectivity index (χ2v) is 19.3. The van der Waals surface area contributed by atoms with Gasteiger partial charge in [0.15, 0.2) is 5.78 Å². The molecule has 1 aliphatic rings. The van der Waals surface area contributed by atoms with E-state index in [1.165, 1.54) is 36.4 Å². The summed E-state index contributed by atoms with van der Waals surface area (Å²) in [7, 11) is -21.4. The number of carbonyl (C=O) groups is 3. The molecule has 6 aromatic rings. The minimum absolute atomic E-state index is 0. The Bertz CT molecular complexity index is 3690. The minimum atomic E-state index is -5.61. The van der Waals surface area contributed by atoms with Crippen molar-refractivity contribution in [3.8, 4) is 0 Å². The number of azo groups is 2. The van der Waals surface area contributed by atoms with Gasteiger partial charge in [0.05, 0.1) is 47.9 Å². The zero-order valence-electron chi connectivity index (χ0n) is 37.0. The maximum Gasteiger partial charge on any atom is 1.00 e. The number of hydrogen-bond acceptors (Lipinski definition) is 21. The second-order valence-electron chi connectivity index (χ2n) is 13.9. The van der Waals surface area contributed by atoms with Crippen molar-refractivity contribution >= 4 is 120 Å². The molecule has 0 aromatic heterocycles. The van der Waals surface area contributed by atoms with Crippen molar-refractivity contribution in [3.63, 3.8) is 0 Å². The molecule has 1 unspecified atom stereocenters. The predicted molar refractivity (Wildman–Crippen MR) is 230 cm³/mol. The molecule has 1 atom stereocenters. The van der Waals surface area contributed by atoms with Gasteiger partial charge in [0.1, 0.15) is 46.2 Å². The first-order valence-corrected chi connectivity index (χ1v) is 23.9. The molecule has 30 heteroatoms. The summed E-state index contributed by atoms with van der Waals surface area (Å²) in [5.74, 6) is -3.19. The van der Waals surface area contributed by atoms with E-state index in [0.29, 0.717) is 18.2 Å². The van der Waals surface area contributed by atoms with Crippen LogP contribution in [0.15, 0.2) is 154 Å². The van der Waals surface area contributed by atoms with Crippen LogP contribution in [0.1, 0.15) is 22.8 Å². The summed E-state index contributed by atoms with van der Waals surface area (Å²) >= 11 is 0. The fraction of sp³-hybridized carbons (Fsp3) is 0.0500. The van der Waals surface area contributed by atoms with E-state index in [4.69, 9.17) is 0 Å². The van der Waals surface area contributed by atoms with Crippen molar-refractivity contribution in [3.05, 3.63) is 125 Å². The number of benzene rings is 6. The number of hydrazone groups is 1. The number of ketones is 2. The molecule has 7 rings (SSSR count). The minimum Gasteiger partial charge on any atom is -0.744 e. The number of nitrogens with zero attached hydrogens (tertiary/aromatic N) is 5. The first-order valence-electron chi connectivity index (χ1n) is 18.3. The average Bonchev–Trinajstić information content (AvgIpc) is 3.23. The standard InChI is InChI=1S/C40H29N7O15S4.4Na/c1-21(48)37(40(50)41-23-8-3-2-4-9-23)46-45-32-20-25(63(51,52)53)16-22-17-35(66(60,61)62)38(39(49)36(22)32)47-44-31-15-14-30(26-10-5-6-11-27(26)31)43-42-24-18-29-28(34(19-24)65(57,58)59)12-7-13-33(29)64(54,55)56;;;;/h2-20,37,44H,1H3,(H,41,50)(H,51,52,53)(H,54,55,56)(H,57,58,59)(H,60,61,62);;;;/q;4*+1/p-4. The van der Waals surface area contributed by atoms with Crippen LogP contribution in [0.3, 0.4) is 0 Å². The third-order valence-electron chi connectivity index (χ3n) is 9.50. The molecule has 0 fully saturated rings. The molecule has 2 N–H and O–H groups in total. The van der Waals surface area contributed by atoms with Crippen LogP contribution in [0.4, 0.5) is 28.4 Å². The van der Waals surface area contributed by atoms with Gasteiger partial charge < -0.3 is 23.5 Å². The molecule has 0 bridgehead atoms. The SMILES string of the molecule is CC(=O)C(N=Nc1cc(S(=O)(=O)[O-])cc2c1C(=O)C(=NNc1ccc(N=Nc3cc(S(=O)(=O)[O-])c4cccc(S(=O)(=O)[O-])c4c3)c3ccccc13)C(S(=O)(=O)[O-])=C2)C(=O)Nc1ccccc1.[Na+].[Na+].[Na+].[Na+]. The number of para-hydroxylation sites is 1. The Balaban J connectivity index is 0.00000324. The zero-order chi connectivity index (χ0) is 47.9. The normalized spacial score (nSPS) is 13.9. The van der Waals surface area contributed by atoms with Gasteiger partial charge >= 0.3 is 118 Å². The molecule has 338 valence electrons. The Morgan fingerprint density at radius 3 is 1.80 bits per heavy atom. The number of allylic oxidation sites excluding steroid dienone is 1. The number of amides is 1. The Labute approximate surface area is 487 Å². The first-order chi connectivity index (χ1) is 30.9. The van der Waals surface area contributed by atoms with Gasteiger partial charge in [0, 0.05) is 27.2 Å². The van der Waals surface area contributed by atoms with Crippen LogP contribution in [-0.2, 0) is 50.1 Å². The van der Waals surface area contributed by atoms with Crippen LogP contribution in [0.5, 0.6) is 0 Å². The van der Waals surface area contributed by atoms with Crippen LogP contribution in [0.25, 0.3) is 27.6 Å². The molecule has 0 saturated carbocycles. The van der Waals surface area contributed by atoms with Gasteiger partial charge in [-0.2, -0.15) is 20.4 Å². The smallest absolute Gasteiger partial charge is 0.744 e. The monoisotopic (exact) mass is 1060 g/mol. The summed E-state index contributed by atoms with van der Waals surface area (Å²) in [4.78, 5) is 35.7. The van der Waals surface area contributed by atoms with Gasteiger partial charge in [-0.15, -0.1) is 5.11 Å². The summed E-state index contributed by atoms with van der Waals surface area (Å²) in [6.07, 6.45) is 0.575. The Morgan fingerprint density at radius 2 is 1.20 bits per heavy atom. The number of nitrogens with one attached hydrogen (secondary N) is 2. The molecule has 6 aromatic carbocycles. The van der Waals surface area contributed by atoms with Crippen molar-refractivity contribution in [1.29, 1.82) is 0 Å². The van der Waals surface area contributed by atoms with Gasteiger partial charge in [-0.3, -0.25) is 19.8 Å². The number of anilines is 2. The van der Waals surface area contributed by atoms with Gasteiger partial charge in [0.2, 0.25) is 11.8 Å². The molecule has 0 spiro atoms. The van der Waals surface area contributed by atoms with Crippen LogP contribution < -0.4 is 129 Å². The molecule has 0 radical (unpaired) electrons. The number of hydrogen-bond donors (Lipinski definition) is 2. The quantitative estimate of drug-likeness (QED) is 0.0357. The molecular weight excluding hydrogens is 1040 g/mol. The first kappa shape index (κ1) is 61.0. The molecule has 0 aliphatic heterocycles. The molecule has 1 amide bonds. The average molecular weight is 1060 g/mol. The Hall–Kier alpha value is -3.30. The fourth-order valence-corrected chi connectivity index (χ4v) is 9.17. The van der Waals surface area contributed by atoms with E-state index in [1.54, 1.807) is 30.3 Å². The van der Waals surface area contributed by atoms with Gasteiger partial charge in [-0.25, -0.2) is 33.7 Å². The maximum atomic E-state index is 14.2. The number of carbonyl (C=O) groups excluding carboxylic acids is 3. The molecule has 1 aliphatic carbocycles. The fourth-order valence-electron chi connectivity index (χ4n) is 6.60. The van der Waals surface area contributed by atoms with E-state index in [0.717, 1.165) is 37.3 Å². The third kappa shape index (κ3) is 13.8. The van der Waals surface area contributed by atoms with E-state index in [9.17, 15) is 66.3 Å². The second kappa shape index (κ2) is 24.2. The van der Waals surface area contributed by atoms with E-state index in [-0.39, 0.29) is 157 Å². The van der Waals surface area contributed by atoms with Crippen molar-refractivity contribution in [2.24, 2.45) is 25.6 Å². The topological polar surface area (TPSA) is 366 Å². The van der Waals surface area contributed by atoms with Crippen LogP contribution in [0.2, 0.25) is 0 Å². The van der Waals surface area contributed by atoms with E-state index in [2.05, 4.69) is 36.3 Å². The summed E-state index contributed by atoms with van der Waals surface area (Å²) in [5.41, 5.74) is -0.473. The number of fused-ring (bicyclic) bond motifs is 3. The van der Waals surface area contributed by atoms with Crippen LogP contribution in [-0.4, -0.2) is 81.1 Å². The van der Waals surface area contributed by atoms with Crippen LogP contribution in [0, 0.1) is 0 Å². The predicted octanol–water partition coefficient (Wildman–Crippen LogP) is -6.63. The molecule has 0 saturated heterocycles. The largest absolute Gasteiger partial charge is 1.00 e. The summed E-state index contributed by atoms with van der Waals surface area (Å²) in [6, 6.07) is 20.9. The van der Waals surface area contributed by atoms with E-state index < -0.39 is 111 Å². The Kier molecular flexibility index (Phi) is 21.1. The molecule has 0 heterocycles. The zero-order valence-corrected chi connectivity index (χ0v) is 48.3. The van der Waals surface area contributed by atoms with E-state index >= 15 is 0 Å². The maximum absolute atomic E-state index is 14.2. The van der Waals surface area contributed by atoms with Crippen molar-refractivity contribution in [2.75, 3.05) is 10.7 Å². The summed E-state index contributed by atoms with van der Waals surface area (Å²) in [5, 5.41) is 21.8. The molecule has 70 heavy (non-hydrogen) atoms. The van der Waals surface area contributed by atoms with Crippen molar-refractivity contribution < 1.29 is 184 Å². The molecule has 22 nitrogen and oxygen atoms in total. The summed E-state index contributed by atoms with van der Waals surface area (Å²) in [6.45, 7) is 0.991. The van der Waals surface area contributed by atoms with Crippen molar-refractivity contribution in [2.45, 2.75) is 27.7 Å². The van der Waals surface area contributed by atoms with Gasteiger partial charge in [0.25, 0.3) is 5.91 Å². The number of Topliss-reactive ketones (excluding diaryl/α,β-unsaturated/α-hetero) is 2. The summed E-state index contributed by atoms with van der Waals surface area (Å²) < 4.78 is 147. The third-order valence-corrected chi connectivity index (χ3v) is 12.9. The molecular formula is C40H25N7Na4O15S4. The van der Waals surface area contributed by atoms with E-state index in [1.807, 2.05) is 0 Å². The Morgan fingerprint density at radius 1 is 0.586 bits per heavy atom. The van der Waals surface area contributed by atoms with Crippen molar-refractivity contribution in [1.82, 2.24) is 0 Å². The van der Waals surface area contributed by atoms with Gasteiger partial charge in [-0.1, -0.05) is 54.6 Å². The number of rotatable bonds is 13. The van der Waals surface area contributed by atoms with Gasteiger partial charge in [-0.05, 0) is 73.2 Å². The van der Waals surface area contributed by atoms with Crippen LogP contribution >= 0.6 is 0 Å².